The Bertz CT molecular complexity index is 316. The van der Waals surface area contributed by atoms with Gasteiger partial charge in [0.2, 0.25) is 0 Å². The van der Waals surface area contributed by atoms with Gasteiger partial charge in [-0.1, -0.05) is 32.1 Å². The second-order valence-electron chi connectivity index (χ2n) is 8.84. The van der Waals surface area contributed by atoms with Crippen molar-refractivity contribution in [1.82, 2.24) is 5.06 Å². The molecule has 130 valence electrons. The van der Waals surface area contributed by atoms with Gasteiger partial charge in [0.15, 0.2) is 0 Å². The number of piperidine rings is 1. The van der Waals surface area contributed by atoms with Gasteiger partial charge in [-0.2, -0.15) is 5.06 Å². The fourth-order valence-corrected chi connectivity index (χ4v) is 4.86. The minimum Gasteiger partial charge on any atom is -0.330 e. The Kier molecular flexibility index (Phi) is 6.32. The molecule has 0 bridgehead atoms. The summed E-state index contributed by atoms with van der Waals surface area (Å²) < 4.78 is 0. The van der Waals surface area contributed by atoms with E-state index in [1.165, 1.54) is 64.2 Å². The highest BCUT2D eigenvalue weighted by Crippen LogP contribution is 2.44. The number of nitrogens with two attached hydrogens (primary N) is 1. The molecule has 1 aliphatic heterocycles. The van der Waals surface area contributed by atoms with Crippen LogP contribution in [0.15, 0.2) is 0 Å². The van der Waals surface area contributed by atoms with E-state index in [0.29, 0.717) is 6.10 Å². The summed E-state index contributed by atoms with van der Waals surface area (Å²) in [6.45, 7) is 10.3. The largest absolute Gasteiger partial charge is 0.330 e. The highest BCUT2D eigenvalue weighted by molar-refractivity contribution is 4.96. The van der Waals surface area contributed by atoms with Crippen LogP contribution in [0.3, 0.4) is 0 Å². The Morgan fingerprint density at radius 2 is 1.55 bits per heavy atom. The first-order valence-electron chi connectivity index (χ1n) is 9.52. The number of hydrogen-bond acceptors (Lipinski definition) is 3. The minimum atomic E-state index is 0.132. The maximum Gasteiger partial charge on any atom is 0.0793 e. The molecule has 1 saturated heterocycles. The Labute approximate surface area is 137 Å². The van der Waals surface area contributed by atoms with E-state index in [1.807, 2.05) is 0 Å². The third kappa shape index (κ3) is 4.69. The number of rotatable bonds is 6. The van der Waals surface area contributed by atoms with Crippen molar-refractivity contribution in [2.45, 2.75) is 109 Å². The lowest BCUT2D eigenvalue weighted by Gasteiger charge is -2.55. The molecule has 0 aromatic rings. The maximum absolute atomic E-state index is 6.55. The highest BCUT2D eigenvalue weighted by Gasteiger charge is 2.47. The molecule has 0 aromatic carbocycles. The van der Waals surface area contributed by atoms with E-state index in [-0.39, 0.29) is 11.1 Å². The van der Waals surface area contributed by atoms with Crippen molar-refractivity contribution in [3.05, 3.63) is 0 Å². The second kappa shape index (κ2) is 7.63. The molecular weight excluding hydrogens is 272 g/mol. The zero-order valence-electron chi connectivity index (χ0n) is 15.4. The van der Waals surface area contributed by atoms with E-state index in [9.17, 15) is 0 Å². The minimum absolute atomic E-state index is 0.132. The Morgan fingerprint density at radius 1 is 0.955 bits per heavy atom. The molecule has 0 radical (unpaired) electrons. The highest BCUT2D eigenvalue weighted by atomic mass is 16.7. The second-order valence-corrected chi connectivity index (χ2v) is 8.84. The van der Waals surface area contributed by atoms with Crippen molar-refractivity contribution in [3.63, 3.8) is 0 Å². The zero-order chi connectivity index (χ0) is 16.2. The summed E-state index contributed by atoms with van der Waals surface area (Å²) in [5.41, 5.74) is 5.91. The summed E-state index contributed by atoms with van der Waals surface area (Å²) in [7, 11) is 0. The van der Waals surface area contributed by atoms with Crippen molar-refractivity contribution < 1.29 is 4.84 Å². The molecule has 3 nitrogen and oxygen atoms in total. The van der Waals surface area contributed by atoms with Crippen LogP contribution in [-0.2, 0) is 4.84 Å². The molecule has 1 heterocycles. The summed E-state index contributed by atoms with van der Waals surface area (Å²) in [5.74, 6) is 0.808. The quantitative estimate of drug-likeness (QED) is 0.726. The first kappa shape index (κ1) is 18.2. The average Bonchev–Trinajstić information content (AvgIpc) is 2.44. The zero-order valence-corrected chi connectivity index (χ0v) is 15.4. The van der Waals surface area contributed by atoms with Gasteiger partial charge >= 0.3 is 0 Å². The van der Waals surface area contributed by atoms with Crippen molar-refractivity contribution in [3.8, 4) is 0 Å². The van der Waals surface area contributed by atoms with Crippen molar-refractivity contribution >= 4 is 0 Å². The molecule has 2 fully saturated rings. The third-order valence-electron chi connectivity index (χ3n) is 5.55. The smallest absolute Gasteiger partial charge is 0.0793 e. The van der Waals surface area contributed by atoms with E-state index in [0.717, 1.165) is 12.5 Å². The normalized spacial score (nSPS) is 27.1. The SMILES string of the molecule is CC1(C)CC(CCCCN)CC(C)(C)N1OC1CCCCC1. The molecule has 0 atom stereocenters. The summed E-state index contributed by atoms with van der Waals surface area (Å²) in [5, 5.41) is 2.37. The van der Waals surface area contributed by atoms with Crippen LogP contribution in [0.25, 0.3) is 0 Å². The lowest BCUT2D eigenvalue weighted by Crippen LogP contribution is -2.61. The van der Waals surface area contributed by atoms with Crippen LogP contribution in [0.2, 0.25) is 0 Å². The molecule has 2 rings (SSSR count). The molecule has 3 heteroatoms. The topological polar surface area (TPSA) is 38.5 Å². The van der Waals surface area contributed by atoms with Gasteiger partial charge in [0, 0.05) is 11.1 Å². The van der Waals surface area contributed by atoms with Gasteiger partial charge in [-0.05, 0) is 72.3 Å². The summed E-state index contributed by atoms with van der Waals surface area (Å²) in [4.78, 5) is 6.55. The lowest BCUT2D eigenvalue weighted by molar-refractivity contribution is -0.314. The third-order valence-corrected chi connectivity index (χ3v) is 5.55. The van der Waals surface area contributed by atoms with Crippen molar-refractivity contribution in [2.75, 3.05) is 6.54 Å². The van der Waals surface area contributed by atoms with Crippen LogP contribution < -0.4 is 5.73 Å². The fraction of sp³-hybridized carbons (Fsp3) is 1.00. The molecule has 1 aliphatic carbocycles. The number of hydrogen-bond donors (Lipinski definition) is 1. The average molecular weight is 311 g/mol. The van der Waals surface area contributed by atoms with Crippen LogP contribution in [0, 0.1) is 5.92 Å². The predicted octanol–water partition coefficient (Wildman–Crippen LogP) is 4.65. The monoisotopic (exact) mass is 310 g/mol. The predicted molar refractivity (Wildman–Crippen MR) is 93.6 cm³/mol. The molecule has 1 saturated carbocycles. The van der Waals surface area contributed by atoms with Gasteiger partial charge in [-0.15, -0.1) is 0 Å². The first-order chi connectivity index (χ1) is 10.3. The van der Waals surface area contributed by atoms with E-state index < -0.39 is 0 Å². The van der Waals surface area contributed by atoms with Gasteiger partial charge in [0.25, 0.3) is 0 Å². The fourth-order valence-electron chi connectivity index (χ4n) is 4.86. The van der Waals surface area contributed by atoms with Crippen molar-refractivity contribution in [2.24, 2.45) is 11.7 Å². The molecule has 22 heavy (non-hydrogen) atoms. The lowest BCUT2D eigenvalue weighted by atomic mass is 9.73. The van der Waals surface area contributed by atoms with Gasteiger partial charge in [-0.25, -0.2) is 0 Å². The van der Waals surface area contributed by atoms with Gasteiger partial charge < -0.3 is 5.73 Å². The van der Waals surface area contributed by atoms with E-state index >= 15 is 0 Å². The summed E-state index contributed by atoms with van der Waals surface area (Å²) in [6.07, 6.45) is 13.2. The van der Waals surface area contributed by atoms with Crippen molar-refractivity contribution in [1.29, 1.82) is 0 Å². The van der Waals surface area contributed by atoms with Gasteiger partial charge in [-0.3, -0.25) is 4.84 Å². The molecule has 2 N–H and O–H groups in total. The molecule has 2 aliphatic rings. The molecule has 0 unspecified atom stereocenters. The van der Waals surface area contributed by atoms with Gasteiger partial charge in [0.1, 0.15) is 0 Å². The molecule has 0 amide bonds. The number of unbranched alkanes of at least 4 members (excludes halogenated alkanes) is 1. The Hall–Kier alpha value is -0.120. The van der Waals surface area contributed by atoms with E-state index in [4.69, 9.17) is 10.6 Å². The summed E-state index contributed by atoms with van der Waals surface area (Å²) in [6, 6.07) is 0. The van der Waals surface area contributed by atoms with Crippen LogP contribution in [0.5, 0.6) is 0 Å². The van der Waals surface area contributed by atoms with Crippen LogP contribution in [0.4, 0.5) is 0 Å². The number of hydroxylamine groups is 2. The van der Waals surface area contributed by atoms with Crippen LogP contribution in [-0.4, -0.2) is 28.8 Å². The van der Waals surface area contributed by atoms with Crippen LogP contribution >= 0.6 is 0 Å². The van der Waals surface area contributed by atoms with E-state index in [1.54, 1.807) is 0 Å². The van der Waals surface area contributed by atoms with Gasteiger partial charge in [0.05, 0.1) is 6.10 Å². The molecule has 0 aromatic heterocycles. The Morgan fingerprint density at radius 3 is 2.09 bits per heavy atom. The molecular formula is C19H38N2O. The molecule has 0 spiro atoms. The number of nitrogens with zero attached hydrogens (tertiary/aromatic N) is 1. The van der Waals surface area contributed by atoms with E-state index in [2.05, 4.69) is 32.8 Å². The standard InChI is InChI=1S/C19H38N2O/c1-18(2)14-16(10-8-9-13-20)15-19(3,4)21(18)22-17-11-6-5-7-12-17/h16-17H,5-15,20H2,1-4H3. The Balaban J connectivity index is 1.97. The summed E-state index contributed by atoms with van der Waals surface area (Å²) >= 11 is 0. The first-order valence-corrected chi connectivity index (χ1v) is 9.52. The maximum atomic E-state index is 6.55. The van der Waals surface area contributed by atoms with Crippen LogP contribution in [0.1, 0.15) is 91.9 Å².